The van der Waals surface area contributed by atoms with Crippen molar-refractivity contribution in [2.45, 2.75) is 19.7 Å². The van der Waals surface area contributed by atoms with Crippen LogP contribution in [0.2, 0.25) is 0 Å². The van der Waals surface area contributed by atoms with Crippen LogP contribution in [0.1, 0.15) is 36.4 Å². The van der Waals surface area contributed by atoms with Gasteiger partial charge < -0.3 is 13.8 Å². The van der Waals surface area contributed by atoms with Gasteiger partial charge in [-0.1, -0.05) is 24.3 Å². The molecule has 1 heterocycles. The number of rotatable bonds is 6. The zero-order valence-electron chi connectivity index (χ0n) is 14.1. The van der Waals surface area contributed by atoms with Gasteiger partial charge in [0.25, 0.3) is 0 Å². The summed E-state index contributed by atoms with van der Waals surface area (Å²) in [6.07, 6.45) is 1.85. The van der Waals surface area contributed by atoms with Gasteiger partial charge in [-0.05, 0) is 49.8 Å². The fraction of sp³-hybridized carbons (Fsp3) is 0.263. The molecule has 25 heavy (non-hydrogen) atoms. The Hall–Kier alpha value is -1.94. The zero-order chi connectivity index (χ0) is 17.9. The summed E-state index contributed by atoms with van der Waals surface area (Å²) in [6.45, 7) is 4.01. The SMILES string of the molecule is CCOP(=O)(OCC)C1OC(c2ccc(F)cc2)=Cc2ccccc21. The van der Waals surface area contributed by atoms with Crippen molar-refractivity contribution in [2.75, 3.05) is 13.2 Å². The maximum Gasteiger partial charge on any atom is 0.375 e. The summed E-state index contributed by atoms with van der Waals surface area (Å²) in [5.74, 6) is -0.691. The molecule has 0 aliphatic carbocycles. The second kappa shape index (κ2) is 7.52. The van der Waals surface area contributed by atoms with Crippen molar-refractivity contribution in [1.82, 2.24) is 0 Å². The molecule has 0 amide bonds. The largest absolute Gasteiger partial charge is 0.472 e. The lowest BCUT2D eigenvalue weighted by Gasteiger charge is -2.31. The lowest BCUT2D eigenvalue weighted by atomic mass is 10.0. The monoisotopic (exact) mass is 362 g/mol. The third-order valence-electron chi connectivity index (χ3n) is 3.82. The van der Waals surface area contributed by atoms with Crippen LogP contribution >= 0.6 is 7.60 Å². The third kappa shape index (κ3) is 3.69. The number of hydrogen-bond acceptors (Lipinski definition) is 4. The molecule has 132 valence electrons. The zero-order valence-corrected chi connectivity index (χ0v) is 15.0. The van der Waals surface area contributed by atoms with E-state index in [9.17, 15) is 8.96 Å². The molecule has 0 N–H and O–H groups in total. The Balaban J connectivity index is 2.07. The summed E-state index contributed by atoms with van der Waals surface area (Å²) in [7, 11) is -3.53. The Morgan fingerprint density at radius 1 is 1.04 bits per heavy atom. The highest BCUT2D eigenvalue weighted by molar-refractivity contribution is 7.54. The van der Waals surface area contributed by atoms with E-state index in [2.05, 4.69) is 0 Å². The summed E-state index contributed by atoms with van der Waals surface area (Å²) >= 11 is 0. The summed E-state index contributed by atoms with van der Waals surface area (Å²) in [5.41, 5.74) is 2.32. The number of hydrogen-bond donors (Lipinski definition) is 0. The summed E-state index contributed by atoms with van der Waals surface area (Å²) in [5, 5.41) is 0. The quantitative estimate of drug-likeness (QED) is 0.626. The van der Waals surface area contributed by atoms with Crippen LogP contribution in [-0.2, 0) is 18.3 Å². The van der Waals surface area contributed by atoms with Gasteiger partial charge in [0, 0.05) is 11.1 Å². The maximum absolute atomic E-state index is 13.3. The summed E-state index contributed by atoms with van der Waals surface area (Å²) < 4.78 is 43.5. The Bertz CT molecular complexity index is 806. The van der Waals surface area contributed by atoms with Gasteiger partial charge in [0.15, 0.2) is 0 Å². The minimum Gasteiger partial charge on any atom is -0.472 e. The highest BCUT2D eigenvalue weighted by atomic mass is 31.2. The number of benzene rings is 2. The first-order chi connectivity index (χ1) is 12.1. The predicted molar refractivity (Wildman–Crippen MR) is 95.4 cm³/mol. The molecule has 0 saturated heterocycles. The average molecular weight is 362 g/mol. The summed E-state index contributed by atoms with van der Waals surface area (Å²) in [4.78, 5) is 0. The van der Waals surface area contributed by atoms with Crippen molar-refractivity contribution >= 4 is 19.4 Å². The first-order valence-electron chi connectivity index (χ1n) is 8.19. The molecule has 6 heteroatoms. The second-order valence-corrected chi connectivity index (χ2v) is 7.56. The Morgan fingerprint density at radius 2 is 1.68 bits per heavy atom. The van der Waals surface area contributed by atoms with Crippen LogP contribution in [0.25, 0.3) is 11.8 Å². The van der Waals surface area contributed by atoms with Gasteiger partial charge in [-0.15, -0.1) is 0 Å². The van der Waals surface area contributed by atoms with Crippen molar-refractivity contribution in [1.29, 1.82) is 0 Å². The highest BCUT2D eigenvalue weighted by Crippen LogP contribution is 2.64. The van der Waals surface area contributed by atoms with Crippen molar-refractivity contribution < 1.29 is 22.7 Å². The fourth-order valence-corrected chi connectivity index (χ4v) is 4.64. The second-order valence-electron chi connectivity index (χ2n) is 5.49. The molecule has 1 unspecified atom stereocenters. The molecule has 2 aromatic rings. The van der Waals surface area contributed by atoms with Crippen LogP contribution in [0, 0.1) is 5.82 Å². The average Bonchev–Trinajstić information content (AvgIpc) is 2.62. The van der Waals surface area contributed by atoms with Crippen LogP contribution < -0.4 is 0 Å². The number of fused-ring (bicyclic) bond motifs is 1. The molecular weight excluding hydrogens is 342 g/mol. The van der Waals surface area contributed by atoms with Crippen LogP contribution in [0.5, 0.6) is 0 Å². The highest BCUT2D eigenvalue weighted by Gasteiger charge is 2.42. The van der Waals surface area contributed by atoms with E-state index in [0.717, 1.165) is 11.1 Å². The van der Waals surface area contributed by atoms with Gasteiger partial charge in [-0.25, -0.2) is 4.39 Å². The molecule has 0 saturated carbocycles. The number of ether oxygens (including phenoxy) is 1. The molecule has 1 aliphatic rings. The molecule has 0 fully saturated rings. The lowest BCUT2D eigenvalue weighted by Crippen LogP contribution is -2.14. The van der Waals surface area contributed by atoms with Gasteiger partial charge >= 0.3 is 7.60 Å². The van der Waals surface area contributed by atoms with E-state index in [1.54, 1.807) is 26.0 Å². The Morgan fingerprint density at radius 3 is 2.32 bits per heavy atom. The molecule has 3 rings (SSSR count). The Kier molecular flexibility index (Phi) is 5.38. The maximum atomic E-state index is 13.3. The van der Waals surface area contributed by atoms with Crippen molar-refractivity contribution in [3.8, 4) is 0 Å². The van der Waals surface area contributed by atoms with Crippen LogP contribution in [0.3, 0.4) is 0 Å². The fourth-order valence-electron chi connectivity index (χ4n) is 2.76. The van der Waals surface area contributed by atoms with Gasteiger partial charge in [0.05, 0.1) is 13.2 Å². The van der Waals surface area contributed by atoms with E-state index in [1.807, 2.05) is 30.3 Å². The van der Waals surface area contributed by atoms with E-state index in [4.69, 9.17) is 13.8 Å². The predicted octanol–water partition coefficient (Wildman–Crippen LogP) is 5.62. The van der Waals surface area contributed by atoms with E-state index in [1.165, 1.54) is 12.1 Å². The smallest absolute Gasteiger partial charge is 0.375 e. The molecular formula is C19H20FO4P. The van der Waals surface area contributed by atoms with Gasteiger partial charge in [0.1, 0.15) is 11.6 Å². The minimum atomic E-state index is -3.53. The topological polar surface area (TPSA) is 44.8 Å². The first-order valence-corrected chi connectivity index (χ1v) is 9.80. The normalized spacial score (nSPS) is 16.8. The van der Waals surface area contributed by atoms with Gasteiger partial charge in [-0.3, -0.25) is 4.57 Å². The van der Waals surface area contributed by atoms with Crippen LogP contribution in [0.4, 0.5) is 4.39 Å². The molecule has 0 spiro atoms. The molecule has 0 aromatic heterocycles. The van der Waals surface area contributed by atoms with Crippen molar-refractivity contribution in [2.24, 2.45) is 0 Å². The number of halogens is 1. The van der Waals surface area contributed by atoms with E-state index >= 15 is 0 Å². The van der Waals surface area contributed by atoms with Gasteiger partial charge in [-0.2, -0.15) is 0 Å². The molecule has 1 atom stereocenters. The van der Waals surface area contributed by atoms with Crippen LogP contribution in [-0.4, -0.2) is 13.2 Å². The van der Waals surface area contributed by atoms with Crippen molar-refractivity contribution in [3.63, 3.8) is 0 Å². The summed E-state index contributed by atoms with van der Waals surface area (Å²) in [6, 6.07) is 13.5. The molecule has 1 aliphatic heterocycles. The first kappa shape index (κ1) is 17.9. The van der Waals surface area contributed by atoms with E-state index in [-0.39, 0.29) is 19.0 Å². The molecule has 0 radical (unpaired) electrons. The standard InChI is InChI=1S/C19H20FO4P/c1-3-22-25(21,23-4-2)19-17-8-6-5-7-15(17)13-18(24-19)14-9-11-16(20)12-10-14/h5-13,19H,3-4H2,1-2H3. The van der Waals surface area contributed by atoms with E-state index < -0.39 is 13.4 Å². The lowest BCUT2D eigenvalue weighted by molar-refractivity contribution is 0.146. The van der Waals surface area contributed by atoms with Crippen LogP contribution in [0.15, 0.2) is 48.5 Å². The van der Waals surface area contributed by atoms with Gasteiger partial charge in [0.2, 0.25) is 5.85 Å². The Labute approximate surface area is 146 Å². The molecule has 2 aromatic carbocycles. The molecule has 0 bridgehead atoms. The minimum absolute atomic E-state index is 0.245. The van der Waals surface area contributed by atoms with E-state index in [0.29, 0.717) is 11.3 Å². The third-order valence-corrected chi connectivity index (χ3v) is 6.02. The van der Waals surface area contributed by atoms with Crippen molar-refractivity contribution in [3.05, 3.63) is 71.0 Å². The molecule has 4 nitrogen and oxygen atoms in total.